The fourth-order valence-electron chi connectivity index (χ4n) is 3.66. The zero-order valence-corrected chi connectivity index (χ0v) is 19.9. The maximum Gasteiger partial charge on any atom is 0.310 e. The van der Waals surface area contributed by atoms with Crippen LogP contribution in [0.15, 0.2) is 36.4 Å². The van der Waals surface area contributed by atoms with Crippen molar-refractivity contribution in [2.45, 2.75) is 53.9 Å². The first kappa shape index (κ1) is 25.4. The van der Waals surface area contributed by atoms with E-state index in [0.29, 0.717) is 28.7 Å². The van der Waals surface area contributed by atoms with E-state index in [1.807, 2.05) is 6.07 Å². The average molecular weight is 443 g/mol. The van der Waals surface area contributed by atoms with Crippen LogP contribution in [0.3, 0.4) is 0 Å². The molecule has 0 bridgehead atoms. The summed E-state index contributed by atoms with van der Waals surface area (Å²) in [6, 6.07) is 10.2. The molecule has 174 valence electrons. The number of aryl methyl sites for hydroxylation is 1. The van der Waals surface area contributed by atoms with Crippen LogP contribution >= 0.6 is 0 Å². The molecule has 0 heterocycles. The number of hydrogen-bond acceptors (Lipinski definition) is 3. The van der Waals surface area contributed by atoms with Crippen LogP contribution in [0.5, 0.6) is 0 Å². The molecule has 5 nitrogen and oxygen atoms in total. The first-order chi connectivity index (χ1) is 15.0. The summed E-state index contributed by atoms with van der Waals surface area (Å²) in [7, 11) is 0. The summed E-state index contributed by atoms with van der Waals surface area (Å²) in [5, 5.41) is 12.4. The van der Waals surface area contributed by atoms with E-state index in [9.17, 15) is 19.1 Å². The van der Waals surface area contributed by atoms with Crippen molar-refractivity contribution in [2.75, 3.05) is 23.3 Å². The molecule has 0 aliphatic carbocycles. The van der Waals surface area contributed by atoms with Gasteiger partial charge >= 0.3 is 5.97 Å². The first-order valence-electron chi connectivity index (χ1n) is 11.1. The SMILES string of the molecule is Cc1ccc(CC(=O)Nc2cc(C(C)C(=O)O)ccc2N(CC(C)C)CC(C)C)c(F)c1. The van der Waals surface area contributed by atoms with Crippen molar-refractivity contribution in [3.05, 3.63) is 58.9 Å². The number of carboxylic acids is 1. The lowest BCUT2D eigenvalue weighted by Crippen LogP contribution is -2.32. The predicted octanol–water partition coefficient (Wildman–Crippen LogP) is 5.62. The molecule has 32 heavy (non-hydrogen) atoms. The second-order valence-corrected chi connectivity index (χ2v) is 9.35. The third-order valence-corrected chi connectivity index (χ3v) is 5.24. The van der Waals surface area contributed by atoms with Crippen LogP contribution in [0.1, 0.15) is 57.2 Å². The van der Waals surface area contributed by atoms with Gasteiger partial charge in [-0.05, 0) is 60.6 Å². The Morgan fingerprint density at radius 2 is 1.62 bits per heavy atom. The van der Waals surface area contributed by atoms with E-state index in [2.05, 4.69) is 37.9 Å². The highest BCUT2D eigenvalue weighted by molar-refractivity contribution is 5.96. The number of rotatable bonds is 10. The van der Waals surface area contributed by atoms with Crippen molar-refractivity contribution in [1.82, 2.24) is 0 Å². The molecular formula is C26H35FN2O3. The van der Waals surface area contributed by atoms with E-state index in [4.69, 9.17) is 0 Å². The van der Waals surface area contributed by atoms with Gasteiger partial charge in [0.15, 0.2) is 0 Å². The Balaban J connectivity index is 2.41. The predicted molar refractivity (Wildman–Crippen MR) is 128 cm³/mol. The van der Waals surface area contributed by atoms with Crippen molar-refractivity contribution >= 4 is 23.3 Å². The quantitative estimate of drug-likeness (QED) is 0.501. The highest BCUT2D eigenvalue weighted by atomic mass is 19.1. The van der Waals surface area contributed by atoms with Crippen LogP contribution in [0, 0.1) is 24.6 Å². The van der Waals surface area contributed by atoms with Gasteiger partial charge < -0.3 is 15.3 Å². The fourth-order valence-corrected chi connectivity index (χ4v) is 3.66. The minimum absolute atomic E-state index is 0.0986. The number of carbonyl (C=O) groups excluding carboxylic acids is 1. The van der Waals surface area contributed by atoms with E-state index in [1.54, 1.807) is 38.1 Å². The van der Waals surface area contributed by atoms with E-state index in [-0.39, 0.29) is 12.3 Å². The number of nitrogens with one attached hydrogen (secondary N) is 1. The van der Waals surface area contributed by atoms with Crippen LogP contribution in [0.25, 0.3) is 0 Å². The number of carboxylic acid groups (broad SMARTS) is 1. The van der Waals surface area contributed by atoms with E-state index in [1.165, 1.54) is 6.07 Å². The van der Waals surface area contributed by atoms with Gasteiger partial charge in [0.25, 0.3) is 0 Å². The molecule has 6 heteroatoms. The summed E-state index contributed by atoms with van der Waals surface area (Å²) in [4.78, 5) is 26.6. The molecule has 1 atom stereocenters. The Bertz CT molecular complexity index is 946. The molecule has 2 aromatic carbocycles. The molecule has 0 fully saturated rings. The van der Waals surface area contributed by atoms with Gasteiger partial charge in [-0.2, -0.15) is 0 Å². The van der Waals surface area contributed by atoms with Gasteiger partial charge in [-0.25, -0.2) is 4.39 Å². The molecule has 2 N–H and O–H groups in total. The van der Waals surface area contributed by atoms with E-state index < -0.39 is 17.7 Å². The summed E-state index contributed by atoms with van der Waals surface area (Å²) < 4.78 is 14.2. The van der Waals surface area contributed by atoms with Gasteiger partial charge in [0.1, 0.15) is 5.82 Å². The molecular weight excluding hydrogens is 407 g/mol. The van der Waals surface area contributed by atoms with Crippen molar-refractivity contribution in [3.8, 4) is 0 Å². The molecule has 0 saturated heterocycles. The third kappa shape index (κ3) is 7.08. The maximum atomic E-state index is 14.2. The number of amides is 1. The van der Waals surface area contributed by atoms with Gasteiger partial charge in [-0.1, -0.05) is 45.9 Å². The molecule has 0 saturated carbocycles. The second-order valence-electron chi connectivity index (χ2n) is 9.35. The number of benzene rings is 2. The average Bonchev–Trinajstić information content (AvgIpc) is 2.68. The first-order valence-corrected chi connectivity index (χ1v) is 11.1. The lowest BCUT2D eigenvalue weighted by atomic mass is 9.99. The summed E-state index contributed by atoms with van der Waals surface area (Å²) in [5.41, 5.74) is 3.11. The number of nitrogens with zero attached hydrogens (tertiary/aromatic N) is 1. The van der Waals surface area contributed by atoms with Gasteiger partial charge in [0.05, 0.1) is 23.7 Å². The van der Waals surface area contributed by atoms with Gasteiger partial charge in [0, 0.05) is 13.1 Å². The Hall–Kier alpha value is -2.89. The topological polar surface area (TPSA) is 69.6 Å². The zero-order valence-electron chi connectivity index (χ0n) is 19.9. The molecule has 0 aromatic heterocycles. The standard InChI is InChI=1S/C26H35FN2O3/c1-16(2)14-29(15-17(3)4)24-10-9-20(19(6)26(31)32)12-23(24)28-25(30)13-21-8-7-18(5)11-22(21)27/h7-12,16-17,19H,13-15H2,1-6H3,(H,28,30)(H,31,32). The Kier molecular flexibility index (Phi) is 8.81. The smallest absolute Gasteiger partial charge is 0.310 e. The number of halogens is 1. The van der Waals surface area contributed by atoms with Crippen molar-refractivity contribution in [3.63, 3.8) is 0 Å². The molecule has 0 spiro atoms. The van der Waals surface area contributed by atoms with Crippen LogP contribution in [0.4, 0.5) is 15.8 Å². The minimum Gasteiger partial charge on any atom is -0.481 e. The monoisotopic (exact) mass is 442 g/mol. The Morgan fingerprint density at radius 3 is 2.16 bits per heavy atom. The van der Waals surface area contributed by atoms with Crippen molar-refractivity contribution in [1.29, 1.82) is 0 Å². The van der Waals surface area contributed by atoms with Crippen LogP contribution < -0.4 is 10.2 Å². The molecule has 0 aliphatic rings. The molecule has 1 amide bonds. The zero-order chi connectivity index (χ0) is 24.0. The summed E-state index contributed by atoms with van der Waals surface area (Å²) >= 11 is 0. The fraction of sp³-hybridized carbons (Fsp3) is 0.462. The molecule has 2 rings (SSSR count). The third-order valence-electron chi connectivity index (χ3n) is 5.24. The largest absolute Gasteiger partial charge is 0.481 e. The van der Waals surface area contributed by atoms with Gasteiger partial charge in [-0.15, -0.1) is 0 Å². The number of aliphatic carboxylic acids is 1. The van der Waals surface area contributed by atoms with Crippen LogP contribution in [0.2, 0.25) is 0 Å². The highest BCUT2D eigenvalue weighted by Crippen LogP contribution is 2.32. The van der Waals surface area contributed by atoms with Crippen molar-refractivity contribution < 1.29 is 19.1 Å². The normalized spacial score (nSPS) is 12.2. The molecule has 1 unspecified atom stereocenters. The summed E-state index contributed by atoms with van der Waals surface area (Å²) in [5.74, 6) is -1.60. The van der Waals surface area contributed by atoms with Crippen LogP contribution in [-0.4, -0.2) is 30.1 Å². The molecule has 0 aliphatic heterocycles. The number of anilines is 2. The van der Waals surface area contributed by atoms with E-state index >= 15 is 0 Å². The molecule has 2 aromatic rings. The van der Waals surface area contributed by atoms with Crippen molar-refractivity contribution in [2.24, 2.45) is 11.8 Å². The molecule has 0 radical (unpaired) electrons. The lowest BCUT2D eigenvalue weighted by molar-refractivity contribution is -0.138. The number of hydrogen-bond donors (Lipinski definition) is 2. The highest BCUT2D eigenvalue weighted by Gasteiger charge is 2.20. The van der Waals surface area contributed by atoms with E-state index in [0.717, 1.165) is 24.3 Å². The minimum atomic E-state index is -0.932. The van der Waals surface area contributed by atoms with Crippen LogP contribution in [-0.2, 0) is 16.0 Å². The second kappa shape index (κ2) is 11.1. The van der Waals surface area contributed by atoms with Gasteiger partial charge in [0.2, 0.25) is 5.91 Å². The lowest BCUT2D eigenvalue weighted by Gasteiger charge is -2.31. The number of carbonyl (C=O) groups is 2. The van der Waals surface area contributed by atoms with Gasteiger partial charge in [-0.3, -0.25) is 9.59 Å². The maximum absolute atomic E-state index is 14.2. The summed E-state index contributed by atoms with van der Waals surface area (Å²) in [6.45, 7) is 13.5. The Morgan fingerprint density at radius 1 is 1.00 bits per heavy atom. The Labute approximate surface area is 190 Å². The summed E-state index contributed by atoms with van der Waals surface area (Å²) in [6.07, 6.45) is -0.0986.